The molecule has 6 aliphatic heterocycles. The Labute approximate surface area is 336 Å². The molecule has 0 radical (unpaired) electrons. The fourth-order valence-corrected chi connectivity index (χ4v) is 11.8. The summed E-state index contributed by atoms with van der Waals surface area (Å²) in [5, 5.41) is 11.8. The van der Waals surface area contributed by atoms with Crippen molar-refractivity contribution in [2.24, 2.45) is 4.99 Å². The Morgan fingerprint density at radius 3 is 2.81 bits per heavy atom. The number of phenols is 1. The van der Waals surface area contributed by atoms with Gasteiger partial charge in [0.05, 0.1) is 17.5 Å². The number of nitrogens with two attached hydrogens (primary N) is 2. The van der Waals surface area contributed by atoms with Crippen molar-refractivity contribution in [1.82, 2.24) is 9.97 Å². The van der Waals surface area contributed by atoms with E-state index < -0.39 is 29.2 Å². The van der Waals surface area contributed by atoms with Gasteiger partial charge in [0, 0.05) is 64.5 Å². The minimum absolute atomic E-state index is 0.0968. The summed E-state index contributed by atoms with van der Waals surface area (Å²) < 4.78 is 25.5. The van der Waals surface area contributed by atoms with Crippen LogP contribution < -0.4 is 26.5 Å². The Balaban J connectivity index is 1.01. The lowest BCUT2D eigenvalue weighted by molar-refractivity contribution is -0.852. The van der Waals surface area contributed by atoms with Gasteiger partial charge in [0.2, 0.25) is 0 Å². The highest BCUT2D eigenvalue weighted by molar-refractivity contribution is 8.76. The van der Waals surface area contributed by atoms with E-state index in [1.807, 2.05) is 19.2 Å². The summed E-state index contributed by atoms with van der Waals surface area (Å²) in [5.74, 6) is 1.91. The molecule has 3 aromatic heterocycles. The highest BCUT2D eigenvalue weighted by Gasteiger charge is 2.65. The lowest BCUT2D eigenvalue weighted by atomic mass is 9.74. The van der Waals surface area contributed by atoms with Gasteiger partial charge in [-0.2, -0.15) is 0 Å². The van der Waals surface area contributed by atoms with Crippen molar-refractivity contribution >= 4 is 56.4 Å². The number of nitrogens with one attached hydrogen (secondary N) is 1. The number of aromatic nitrogens is 2. The molecule has 6 aliphatic rings. The minimum atomic E-state index is -1.07. The fourth-order valence-electron chi connectivity index (χ4n) is 9.46. The Bertz CT molecular complexity index is 2540. The number of hydrogen-bond acceptors (Lipinski definition) is 14. The number of aromatic hydroxyl groups is 1. The molecule has 0 aliphatic carbocycles. The number of nitrogen functional groups attached to an aromatic ring is 2. The van der Waals surface area contributed by atoms with Gasteiger partial charge in [0.25, 0.3) is 0 Å². The first kappa shape index (κ1) is 36.5. The number of aryl methyl sites for hydroxylation is 2. The highest BCUT2D eigenvalue weighted by Crippen LogP contribution is 2.55. The van der Waals surface area contributed by atoms with E-state index in [9.17, 15) is 14.7 Å². The molecular weight excluding hydrogens is 765 g/mol. The Hall–Kier alpha value is -4.83. The SMILES string of the molecule is Cc1cc(=O)c2c(O)c3c(cc2o1)O[C@@]1(C)CCSSCc2c(cc(C[NH+]4C=C5N=CC=C5C4)nc2N)-c2cc(cc(N)n2)CC[C@H]2O[C@@]24CCC[C@H]3[C@H]1OC4=O. The summed E-state index contributed by atoms with van der Waals surface area (Å²) in [5.41, 5.74) is 18.2. The van der Waals surface area contributed by atoms with E-state index in [-0.39, 0.29) is 28.3 Å². The monoisotopic (exact) mass is 807 g/mol. The predicted octanol–water partition coefficient (Wildman–Crippen LogP) is 5.07. The number of quaternary nitrogens is 1. The van der Waals surface area contributed by atoms with Gasteiger partial charge < -0.3 is 35.2 Å². The zero-order valence-corrected chi connectivity index (χ0v) is 33.3. The first-order valence-electron chi connectivity index (χ1n) is 19.5. The number of carbonyl (C=O) groups is 1. The number of nitrogens with zero attached hydrogens (tertiary/aromatic N) is 3. The molecule has 2 fully saturated rings. The standard InChI is InChI=1S/C42H42N6O7S2/c1-21-12-30(49)36-31(52-21)16-32-35(37(36)50)25-4-3-8-42-33(55-42)6-5-22-13-28(47-34(43)14-22)26-15-24(18-48-17-23-7-10-45-29(23)19-48)46-39(44)27(26)20-57-56-11-9-41(2,54-32)38(25)53-40(42)51/h7,10,12-16,19,25,33,38,50H,3-6,8-9,11,17-18,20H2,1-2H3,(H2,43,47)(H2,44,46)/p+1/t25-,33-,38-,41+,42+/m1/s1. The molecule has 6 atom stereocenters. The average molecular weight is 808 g/mol. The van der Waals surface area contributed by atoms with Gasteiger partial charge in [-0.15, -0.1) is 0 Å². The molecule has 0 saturated carbocycles. The predicted molar refractivity (Wildman–Crippen MR) is 219 cm³/mol. The maximum atomic E-state index is 14.3. The number of ether oxygens (including phenoxy) is 3. The molecule has 4 bridgehead atoms. The van der Waals surface area contributed by atoms with Crippen molar-refractivity contribution in [1.29, 1.82) is 0 Å². The van der Waals surface area contributed by atoms with E-state index in [2.05, 4.69) is 29.4 Å². The molecule has 1 aromatic carbocycles. The Morgan fingerprint density at radius 2 is 1.95 bits per heavy atom. The molecule has 57 heavy (non-hydrogen) atoms. The third-order valence-electron chi connectivity index (χ3n) is 12.3. The molecule has 1 spiro atoms. The quantitative estimate of drug-likeness (QED) is 0.119. The number of benzene rings is 1. The number of esters is 1. The number of hydrogen-bond donors (Lipinski definition) is 4. The van der Waals surface area contributed by atoms with Crippen LogP contribution in [0.5, 0.6) is 11.5 Å². The lowest BCUT2D eigenvalue weighted by Gasteiger charge is -2.47. The van der Waals surface area contributed by atoms with Crippen LogP contribution >= 0.6 is 21.6 Å². The van der Waals surface area contributed by atoms with Crippen LogP contribution in [-0.4, -0.2) is 63.0 Å². The minimum Gasteiger partial charge on any atom is -0.507 e. The Kier molecular flexibility index (Phi) is 8.74. The normalized spacial score (nSPS) is 29.0. The highest BCUT2D eigenvalue weighted by atomic mass is 33.1. The van der Waals surface area contributed by atoms with Crippen LogP contribution in [0.2, 0.25) is 0 Å². The molecule has 294 valence electrons. The van der Waals surface area contributed by atoms with E-state index in [0.717, 1.165) is 40.3 Å². The van der Waals surface area contributed by atoms with Crippen molar-refractivity contribution in [3.8, 4) is 22.8 Å². The number of anilines is 2. The second-order valence-electron chi connectivity index (χ2n) is 16.2. The second-order valence-corrected chi connectivity index (χ2v) is 18.7. The summed E-state index contributed by atoms with van der Waals surface area (Å²) >= 11 is 0. The smallest absolute Gasteiger partial charge is 0.341 e. The van der Waals surface area contributed by atoms with E-state index >= 15 is 0 Å². The number of allylic oxidation sites excluding steroid dienone is 1. The molecule has 2 saturated heterocycles. The molecule has 4 aromatic rings. The van der Waals surface area contributed by atoms with Gasteiger partial charge in [-0.3, -0.25) is 14.7 Å². The zero-order chi connectivity index (χ0) is 39.2. The molecule has 15 heteroatoms. The summed E-state index contributed by atoms with van der Waals surface area (Å²) in [6, 6.07) is 9.10. The van der Waals surface area contributed by atoms with Crippen LogP contribution in [0, 0.1) is 6.92 Å². The number of epoxide rings is 1. The van der Waals surface area contributed by atoms with E-state index in [0.29, 0.717) is 85.3 Å². The first-order chi connectivity index (χ1) is 27.5. The number of pyridine rings is 2. The van der Waals surface area contributed by atoms with E-state index in [4.69, 9.17) is 40.1 Å². The lowest BCUT2D eigenvalue weighted by Crippen LogP contribution is -3.04. The van der Waals surface area contributed by atoms with Crippen LogP contribution in [0.1, 0.15) is 73.1 Å². The zero-order valence-electron chi connectivity index (χ0n) is 31.6. The topological polar surface area (TPSA) is 193 Å². The number of fused-ring (bicyclic) bond motifs is 9. The number of carbonyl (C=O) groups excluding carboxylic acids is 1. The largest absolute Gasteiger partial charge is 0.507 e. The number of phenolic OH excluding ortho intramolecular Hbond substituents is 1. The molecule has 6 N–H and O–H groups in total. The molecular formula is C42H43N6O7S2+. The third kappa shape index (κ3) is 6.30. The van der Waals surface area contributed by atoms with Crippen LogP contribution in [0.25, 0.3) is 22.2 Å². The number of rotatable bonds is 2. The van der Waals surface area contributed by atoms with Crippen LogP contribution in [0.4, 0.5) is 11.6 Å². The summed E-state index contributed by atoms with van der Waals surface area (Å²) in [6.07, 6.45) is 8.37. The van der Waals surface area contributed by atoms with E-state index in [1.165, 1.54) is 16.5 Å². The van der Waals surface area contributed by atoms with Gasteiger partial charge in [0.1, 0.15) is 76.6 Å². The van der Waals surface area contributed by atoms with Crippen molar-refractivity contribution in [3.63, 3.8) is 0 Å². The van der Waals surface area contributed by atoms with Crippen LogP contribution in [0.15, 0.2) is 68.1 Å². The third-order valence-corrected chi connectivity index (χ3v) is 14.6. The van der Waals surface area contributed by atoms with Gasteiger partial charge in [0.15, 0.2) is 11.0 Å². The van der Waals surface area contributed by atoms with Crippen molar-refractivity contribution in [2.75, 3.05) is 23.8 Å². The van der Waals surface area contributed by atoms with Gasteiger partial charge in [-0.25, -0.2) is 14.8 Å². The van der Waals surface area contributed by atoms with Crippen LogP contribution in [-0.2, 0) is 33.0 Å². The molecule has 9 heterocycles. The molecule has 13 nitrogen and oxygen atoms in total. The summed E-state index contributed by atoms with van der Waals surface area (Å²) in [4.78, 5) is 42.8. The molecule has 0 amide bonds. The number of aliphatic imine (C=N–C) groups is 1. The van der Waals surface area contributed by atoms with Crippen LogP contribution in [0.3, 0.4) is 0 Å². The summed E-state index contributed by atoms with van der Waals surface area (Å²) in [6.45, 7) is 5.14. The average Bonchev–Trinajstić information content (AvgIpc) is 3.47. The van der Waals surface area contributed by atoms with Gasteiger partial charge in [-0.1, -0.05) is 21.6 Å². The summed E-state index contributed by atoms with van der Waals surface area (Å²) in [7, 11) is 3.32. The van der Waals surface area contributed by atoms with Crippen molar-refractivity contribution < 1.29 is 33.4 Å². The molecule has 10 rings (SSSR count). The fraction of sp³-hybridized carbons (Fsp3) is 0.405. The maximum absolute atomic E-state index is 14.3. The van der Waals surface area contributed by atoms with Crippen molar-refractivity contribution in [2.45, 2.75) is 94.0 Å². The van der Waals surface area contributed by atoms with E-state index in [1.54, 1.807) is 34.6 Å². The maximum Gasteiger partial charge on any atom is 0.341 e. The van der Waals surface area contributed by atoms with Gasteiger partial charge >= 0.3 is 5.97 Å². The first-order valence-corrected chi connectivity index (χ1v) is 21.9. The molecule has 1 unspecified atom stereocenters. The second kappa shape index (κ2) is 13.6. The van der Waals surface area contributed by atoms with Gasteiger partial charge in [-0.05, 0) is 75.8 Å². The van der Waals surface area contributed by atoms with Crippen molar-refractivity contribution in [3.05, 3.63) is 92.2 Å². The Morgan fingerprint density at radius 1 is 1.07 bits per heavy atom.